The Morgan fingerprint density at radius 3 is 2.70 bits per heavy atom. The molecule has 0 fully saturated rings. The molecule has 0 saturated carbocycles. The number of halogens is 1. The van der Waals surface area contributed by atoms with Crippen molar-refractivity contribution in [2.24, 2.45) is 0 Å². The predicted octanol–water partition coefficient (Wildman–Crippen LogP) is 2.64. The monoisotopic (exact) mass is 248 g/mol. The van der Waals surface area contributed by atoms with Gasteiger partial charge in [0, 0.05) is 9.99 Å². The van der Waals surface area contributed by atoms with Crippen LogP contribution in [0.2, 0.25) is 0 Å². The van der Waals surface area contributed by atoms with Gasteiger partial charge in [-0.1, -0.05) is 34.7 Å². The van der Waals surface area contributed by atoms with Crippen LogP contribution >= 0.6 is 22.6 Å². The largest absolute Gasteiger partial charge is 0.508 e. The van der Waals surface area contributed by atoms with Crippen LogP contribution in [0.25, 0.3) is 0 Å². The van der Waals surface area contributed by atoms with Gasteiger partial charge in [-0.05, 0) is 18.6 Å². The van der Waals surface area contributed by atoms with Gasteiger partial charge in [0.05, 0.1) is 0 Å². The lowest BCUT2D eigenvalue weighted by Crippen LogP contribution is -1.79. The lowest BCUT2D eigenvalue weighted by molar-refractivity contribution is 0.470. The molecule has 0 aliphatic carbocycles. The van der Waals surface area contributed by atoms with Crippen LogP contribution in [-0.4, -0.2) is 5.11 Å². The van der Waals surface area contributed by atoms with Crippen LogP contribution in [0.15, 0.2) is 18.2 Å². The van der Waals surface area contributed by atoms with Crippen molar-refractivity contribution in [2.45, 2.75) is 11.4 Å². The Bertz CT molecular complexity index is 233. The van der Waals surface area contributed by atoms with E-state index < -0.39 is 0 Å². The topological polar surface area (TPSA) is 20.2 Å². The highest BCUT2D eigenvalue weighted by Gasteiger charge is 1.96. The normalized spacial score (nSPS) is 9.80. The zero-order valence-corrected chi connectivity index (χ0v) is 7.92. The SMILES string of the molecule is Cc1ccc(CI)c(O)c1. The quantitative estimate of drug-likeness (QED) is 0.598. The Morgan fingerprint density at radius 2 is 2.20 bits per heavy atom. The fourth-order valence-electron chi connectivity index (χ4n) is 0.787. The number of hydrogen-bond donors (Lipinski definition) is 1. The molecular formula is C8H9IO. The van der Waals surface area contributed by atoms with Crippen LogP contribution < -0.4 is 0 Å². The van der Waals surface area contributed by atoms with Gasteiger partial charge < -0.3 is 5.11 Å². The van der Waals surface area contributed by atoms with E-state index in [1.165, 1.54) is 0 Å². The van der Waals surface area contributed by atoms with Crippen LogP contribution in [0.3, 0.4) is 0 Å². The first-order valence-corrected chi connectivity index (χ1v) is 4.61. The number of alkyl halides is 1. The summed E-state index contributed by atoms with van der Waals surface area (Å²) in [5, 5.41) is 9.29. The first-order chi connectivity index (χ1) is 4.74. The van der Waals surface area contributed by atoms with Gasteiger partial charge in [-0.3, -0.25) is 0 Å². The third kappa shape index (κ3) is 1.62. The highest BCUT2D eigenvalue weighted by Crippen LogP contribution is 2.20. The zero-order valence-electron chi connectivity index (χ0n) is 5.76. The number of phenols is 1. The minimum Gasteiger partial charge on any atom is -0.508 e. The van der Waals surface area contributed by atoms with Crippen molar-refractivity contribution >= 4 is 22.6 Å². The molecule has 0 unspecified atom stereocenters. The van der Waals surface area contributed by atoms with Gasteiger partial charge in [0.1, 0.15) is 5.75 Å². The Balaban J connectivity index is 3.07. The Hall–Kier alpha value is -0.250. The Kier molecular flexibility index (Phi) is 2.54. The van der Waals surface area contributed by atoms with E-state index in [2.05, 4.69) is 22.6 Å². The molecule has 0 radical (unpaired) electrons. The molecule has 0 aromatic heterocycles. The highest BCUT2D eigenvalue weighted by molar-refractivity contribution is 14.1. The highest BCUT2D eigenvalue weighted by atomic mass is 127. The lowest BCUT2D eigenvalue weighted by atomic mass is 10.1. The van der Waals surface area contributed by atoms with Gasteiger partial charge in [0.2, 0.25) is 0 Å². The minimum atomic E-state index is 0.411. The first-order valence-electron chi connectivity index (χ1n) is 3.08. The molecule has 0 bridgehead atoms. The maximum absolute atomic E-state index is 9.29. The van der Waals surface area contributed by atoms with Gasteiger partial charge in [0.15, 0.2) is 0 Å². The summed E-state index contributed by atoms with van der Waals surface area (Å²) in [6, 6.07) is 5.75. The van der Waals surface area contributed by atoms with Crippen molar-refractivity contribution in [3.8, 4) is 5.75 Å². The number of rotatable bonds is 1. The van der Waals surface area contributed by atoms with E-state index in [0.29, 0.717) is 5.75 Å². The molecular weight excluding hydrogens is 239 g/mol. The van der Waals surface area contributed by atoms with Crippen molar-refractivity contribution in [3.63, 3.8) is 0 Å². The molecule has 0 saturated heterocycles. The fourth-order valence-corrected chi connectivity index (χ4v) is 1.43. The molecule has 1 nitrogen and oxygen atoms in total. The first kappa shape index (κ1) is 7.85. The third-order valence-electron chi connectivity index (χ3n) is 1.38. The second-order valence-corrected chi connectivity index (χ2v) is 3.03. The number of hydrogen-bond acceptors (Lipinski definition) is 1. The summed E-state index contributed by atoms with van der Waals surface area (Å²) in [6.45, 7) is 1.97. The Labute approximate surface area is 74.2 Å². The van der Waals surface area contributed by atoms with E-state index in [4.69, 9.17) is 0 Å². The fraction of sp³-hybridized carbons (Fsp3) is 0.250. The molecule has 0 atom stereocenters. The van der Waals surface area contributed by atoms with Gasteiger partial charge in [-0.2, -0.15) is 0 Å². The molecule has 54 valence electrons. The molecule has 1 aromatic carbocycles. The second-order valence-electron chi connectivity index (χ2n) is 2.27. The van der Waals surface area contributed by atoms with E-state index >= 15 is 0 Å². The minimum absolute atomic E-state index is 0.411. The van der Waals surface area contributed by atoms with Crippen molar-refractivity contribution in [1.29, 1.82) is 0 Å². The lowest BCUT2D eigenvalue weighted by Gasteiger charge is -1.99. The maximum Gasteiger partial charge on any atom is 0.119 e. The summed E-state index contributed by atoms with van der Waals surface area (Å²) in [5.41, 5.74) is 2.11. The van der Waals surface area contributed by atoms with Crippen molar-refractivity contribution in [2.75, 3.05) is 0 Å². The van der Waals surface area contributed by atoms with Crippen molar-refractivity contribution in [1.82, 2.24) is 0 Å². The summed E-state index contributed by atoms with van der Waals surface area (Å²) >= 11 is 2.23. The summed E-state index contributed by atoms with van der Waals surface area (Å²) < 4.78 is 0.865. The molecule has 2 heteroatoms. The average Bonchev–Trinajstić information content (AvgIpc) is 1.88. The van der Waals surface area contributed by atoms with E-state index in [1.54, 1.807) is 6.07 Å². The summed E-state index contributed by atoms with van der Waals surface area (Å²) in [6.07, 6.45) is 0. The Morgan fingerprint density at radius 1 is 1.50 bits per heavy atom. The van der Waals surface area contributed by atoms with E-state index in [0.717, 1.165) is 15.6 Å². The summed E-state index contributed by atoms with van der Waals surface area (Å²) in [7, 11) is 0. The van der Waals surface area contributed by atoms with Crippen molar-refractivity contribution < 1.29 is 5.11 Å². The maximum atomic E-state index is 9.29. The zero-order chi connectivity index (χ0) is 7.56. The van der Waals surface area contributed by atoms with E-state index in [9.17, 15) is 5.11 Å². The standard InChI is InChI=1S/C8H9IO/c1-6-2-3-7(5-9)8(10)4-6/h2-4,10H,5H2,1H3. The number of benzene rings is 1. The molecule has 1 N–H and O–H groups in total. The molecule has 0 aliphatic heterocycles. The van der Waals surface area contributed by atoms with Crippen LogP contribution in [0.5, 0.6) is 5.75 Å². The summed E-state index contributed by atoms with van der Waals surface area (Å²) in [5.74, 6) is 0.411. The van der Waals surface area contributed by atoms with Crippen LogP contribution in [0, 0.1) is 6.92 Å². The summed E-state index contributed by atoms with van der Waals surface area (Å²) in [4.78, 5) is 0. The molecule has 0 heterocycles. The van der Waals surface area contributed by atoms with Crippen LogP contribution in [-0.2, 0) is 4.43 Å². The average molecular weight is 248 g/mol. The van der Waals surface area contributed by atoms with Gasteiger partial charge in [-0.25, -0.2) is 0 Å². The smallest absolute Gasteiger partial charge is 0.119 e. The van der Waals surface area contributed by atoms with Crippen LogP contribution in [0.1, 0.15) is 11.1 Å². The van der Waals surface area contributed by atoms with Gasteiger partial charge in [-0.15, -0.1) is 0 Å². The molecule has 1 aromatic rings. The molecule has 0 amide bonds. The van der Waals surface area contributed by atoms with E-state index in [1.807, 2.05) is 19.1 Å². The number of aromatic hydroxyl groups is 1. The third-order valence-corrected chi connectivity index (χ3v) is 2.21. The molecule has 1 rings (SSSR count). The molecule has 0 aliphatic rings. The number of aryl methyl sites for hydroxylation is 1. The van der Waals surface area contributed by atoms with Gasteiger partial charge in [0.25, 0.3) is 0 Å². The molecule has 10 heavy (non-hydrogen) atoms. The van der Waals surface area contributed by atoms with Crippen molar-refractivity contribution in [3.05, 3.63) is 29.3 Å². The van der Waals surface area contributed by atoms with Gasteiger partial charge >= 0.3 is 0 Å². The second kappa shape index (κ2) is 3.23. The predicted molar refractivity (Wildman–Crippen MR) is 50.6 cm³/mol. The molecule has 0 spiro atoms. The number of phenolic OH excluding ortho intramolecular Hbond substituents is 1. The van der Waals surface area contributed by atoms with E-state index in [-0.39, 0.29) is 0 Å². The van der Waals surface area contributed by atoms with Crippen LogP contribution in [0.4, 0.5) is 0 Å².